The number of carboxylic acid groups (broad SMARTS) is 1. The number of aliphatic carboxylic acids is 1. The molecule has 1 heterocycles. The summed E-state index contributed by atoms with van der Waals surface area (Å²) in [6, 6.07) is 6.11. The second-order valence-corrected chi connectivity index (χ2v) is 5.98. The van der Waals surface area contributed by atoms with Gasteiger partial charge in [-0.3, -0.25) is 4.79 Å². The monoisotopic (exact) mass is 318 g/mol. The van der Waals surface area contributed by atoms with E-state index in [9.17, 15) is 14.7 Å². The zero-order chi connectivity index (χ0) is 17.0. The predicted octanol–water partition coefficient (Wildman–Crippen LogP) is 2.01. The SMILES string of the molecule is COCC(C)(NC(=O)CCc1c[nH]c2ccc(C)cc12)C(=O)O. The second kappa shape index (κ2) is 6.83. The molecule has 2 rings (SSSR count). The minimum Gasteiger partial charge on any atom is -0.479 e. The highest BCUT2D eigenvalue weighted by molar-refractivity contribution is 5.88. The molecule has 0 radical (unpaired) electrons. The van der Waals surface area contributed by atoms with Gasteiger partial charge in [-0.1, -0.05) is 11.6 Å². The highest BCUT2D eigenvalue weighted by atomic mass is 16.5. The van der Waals surface area contributed by atoms with Gasteiger partial charge < -0.3 is 20.1 Å². The van der Waals surface area contributed by atoms with E-state index < -0.39 is 11.5 Å². The Kier molecular flexibility index (Phi) is 5.05. The van der Waals surface area contributed by atoms with Crippen molar-refractivity contribution in [1.29, 1.82) is 0 Å². The first-order valence-electron chi connectivity index (χ1n) is 7.45. The number of benzene rings is 1. The standard InChI is InChI=1S/C17H22N2O4/c1-11-4-6-14-13(8-11)12(9-18-14)5-7-15(20)19-17(2,10-23-3)16(21)22/h4,6,8-9,18H,5,7,10H2,1-3H3,(H,19,20)(H,21,22). The molecule has 6 heteroatoms. The van der Waals surface area contributed by atoms with Gasteiger partial charge in [-0.15, -0.1) is 0 Å². The van der Waals surface area contributed by atoms with Crippen molar-refractivity contribution in [3.63, 3.8) is 0 Å². The van der Waals surface area contributed by atoms with Crippen LogP contribution in [0.5, 0.6) is 0 Å². The number of carbonyl (C=O) groups is 2. The summed E-state index contributed by atoms with van der Waals surface area (Å²) in [7, 11) is 1.40. The zero-order valence-corrected chi connectivity index (χ0v) is 13.6. The fraction of sp³-hybridized carbons (Fsp3) is 0.412. The quantitative estimate of drug-likeness (QED) is 0.728. The van der Waals surface area contributed by atoms with E-state index in [0.29, 0.717) is 6.42 Å². The lowest BCUT2D eigenvalue weighted by atomic mass is 10.0. The Morgan fingerprint density at radius 3 is 2.78 bits per heavy atom. The van der Waals surface area contributed by atoms with Gasteiger partial charge in [-0.05, 0) is 38.0 Å². The number of carbonyl (C=O) groups excluding carboxylic acids is 1. The van der Waals surface area contributed by atoms with Crippen LogP contribution in [-0.4, -0.2) is 41.2 Å². The largest absolute Gasteiger partial charge is 0.479 e. The molecule has 0 saturated heterocycles. The van der Waals surface area contributed by atoms with Gasteiger partial charge in [0.1, 0.15) is 0 Å². The summed E-state index contributed by atoms with van der Waals surface area (Å²) in [5.41, 5.74) is 1.81. The zero-order valence-electron chi connectivity index (χ0n) is 13.6. The minimum absolute atomic E-state index is 0.0830. The minimum atomic E-state index is -1.41. The molecule has 124 valence electrons. The molecular weight excluding hydrogens is 296 g/mol. The Balaban J connectivity index is 2.03. The lowest BCUT2D eigenvalue weighted by molar-refractivity contribution is -0.149. The van der Waals surface area contributed by atoms with Crippen LogP contribution in [0.25, 0.3) is 10.9 Å². The van der Waals surface area contributed by atoms with Crippen molar-refractivity contribution >= 4 is 22.8 Å². The van der Waals surface area contributed by atoms with Gasteiger partial charge in [-0.2, -0.15) is 0 Å². The van der Waals surface area contributed by atoms with Crippen LogP contribution in [0.2, 0.25) is 0 Å². The highest BCUT2D eigenvalue weighted by Gasteiger charge is 2.34. The Morgan fingerprint density at radius 2 is 2.13 bits per heavy atom. The summed E-state index contributed by atoms with van der Waals surface area (Å²) >= 11 is 0. The molecule has 0 saturated carbocycles. The van der Waals surface area contributed by atoms with Crippen LogP contribution in [0, 0.1) is 6.92 Å². The van der Waals surface area contributed by atoms with E-state index in [1.165, 1.54) is 14.0 Å². The number of aromatic nitrogens is 1. The van der Waals surface area contributed by atoms with E-state index in [1.54, 1.807) is 0 Å². The van der Waals surface area contributed by atoms with Gasteiger partial charge >= 0.3 is 5.97 Å². The summed E-state index contributed by atoms with van der Waals surface area (Å²) in [6.45, 7) is 3.37. The van der Waals surface area contributed by atoms with Crippen molar-refractivity contribution in [3.05, 3.63) is 35.5 Å². The summed E-state index contributed by atoms with van der Waals surface area (Å²) in [6.07, 6.45) is 2.65. The van der Waals surface area contributed by atoms with Crippen molar-refractivity contribution in [3.8, 4) is 0 Å². The molecule has 0 bridgehead atoms. The average Bonchev–Trinajstić information content (AvgIpc) is 2.87. The molecule has 0 spiro atoms. The van der Waals surface area contributed by atoms with E-state index in [-0.39, 0.29) is 18.9 Å². The number of amides is 1. The molecule has 0 fully saturated rings. The average molecular weight is 318 g/mol. The fourth-order valence-electron chi connectivity index (χ4n) is 2.56. The van der Waals surface area contributed by atoms with Gasteiger partial charge in [0.2, 0.25) is 5.91 Å². The number of hydrogen-bond donors (Lipinski definition) is 3. The van der Waals surface area contributed by atoms with E-state index >= 15 is 0 Å². The third kappa shape index (κ3) is 3.90. The van der Waals surface area contributed by atoms with Crippen LogP contribution in [0.1, 0.15) is 24.5 Å². The number of aryl methyl sites for hydroxylation is 2. The summed E-state index contributed by atoms with van der Waals surface area (Å²) in [5, 5.41) is 12.9. The maximum absolute atomic E-state index is 12.1. The number of H-pyrrole nitrogens is 1. The smallest absolute Gasteiger partial charge is 0.331 e. The lowest BCUT2D eigenvalue weighted by Crippen LogP contribution is -2.55. The number of methoxy groups -OCH3 is 1. The second-order valence-electron chi connectivity index (χ2n) is 5.98. The topological polar surface area (TPSA) is 91.4 Å². The van der Waals surface area contributed by atoms with Crippen LogP contribution in [0.15, 0.2) is 24.4 Å². The van der Waals surface area contributed by atoms with Crippen LogP contribution < -0.4 is 5.32 Å². The number of ether oxygens (including phenoxy) is 1. The lowest BCUT2D eigenvalue weighted by Gasteiger charge is -2.25. The Morgan fingerprint density at radius 1 is 1.39 bits per heavy atom. The third-order valence-corrected chi connectivity index (χ3v) is 3.86. The molecule has 0 aliphatic heterocycles. The molecule has 6 nitrogen and oxygen atoms in total. The third-order valence-electron chi connectivity index (χ3n) is 3.86. The number of aromatic amines is 1. The van der Waals surface area contributed by atoms with Crippen LogP contribution in [-0.2, 0) is 20.7 Å². The molecule has 0 aliphatic carbocycles. The normalized spacial score (nSPS) is 13.7. The molecule has 1 amide bonds. The number of rotatable bonds is 7. The number of carboxylic acids is 1. The van der Waals surface area contributed by atoms with E-state index in [4.69, 9.17) is 4.74 Å². The summed E-state index contributed by atoms with van der Waals surface area (Å²) in [4.78, 5) is 26.6. The molecule has 3 N–H and O–H groups in total. The van der Waals surface area contributed by atoms with Crippen LogP contribution in [0.4, 0.5) is 0 Å². The van der Waals surface area contributed by atoms with Crippen molar-refractivity contribution in [2.45, 2.75) is 32.2 Å². The molecule has 23 heavy (non-hydrogen) atoms. The first kappa shape index (κ1) is 17.0. The fourth-order valence-corrected chi connectivity index (χ4v) is 2.56. The van der Waals surface area contributed by atoms with Crippen LogP contribution >= 0.6 is 0 Å². The Bertz CT molecular complexity index is 722. The molecular formula is C17H22N2O4. The van der Waals surface area contributed by atoms with E-state index in [2.05, 4.69) is 16.4 Å². The van der Waals surface area contributed by atoms with E-state index in [0.717, 1.165) is 22.0 Å². The molecule has 2 aromatic rings. The van der Waals surface area contributed by atoms with Crippen molar-refractivity contribution in [1.82, 2.24) is 10.3 Å². The van der Waals surface area contributed by atoms with Crippen molar-refractivity contribution in [2.75, 3.05) is 13.7 Å². The molecule has 0 aliphatic rings. The maximum atomic E-state index is 12.1. The molecule has 1 atom stereocenters. The summed E-state index contributed by atoms with van der Waals surface area (Å²) < 4.78 is 4.89. The van der Waals surface area contributed by atoms with Crippen molar-refractivity contribution < 1.29 is 19.4 Å². The van der Waals surface area contributed by atoms with Gasteiger partial charge in [0, 0.05) is 30.6 Å². The first-order valence-corrected chi connectivity index (χ1v) is 7.45. The molecule has 1 unspecified atom stereocenters. The number of fused-ring (bicyclic) bond motifs is 1. The van der Waals surface area contributed by atoms with Gasteiger partial charge in [0.25, 0.3) is 0 Å². The molecule has 1 aromatic carbocycles. The highest BCUT2D eigenvalue weighted by Crippen LogP contribution is 2.21. The Hall–Kier alpha value is -2.34. The van der Waals surface area contributed by atoms with Crippen LogP contribution in [0.3, 0.4) is 0 Å². The molecule has 1 aromatic heterocycles. The first-order chi connectivity index (χ1) is 10.9. The van der Waals surface area contributed by atoms with Gasteiger partial charge in [0.05, 0.1) is 6.61 Å². The summed E-state index contributed by atoms with van der Waals surface area (Å²) in [5.74, 6) is -1.43. The van der Waals surface area contributed by atoms with Gasteiger partial charge in [-0.25, -0.2) is 4.79 Å². The number of nitrogens with one attached hydrogen (secondary N) is 2. The van der Waals surface area contributed by atoms with Gasteiger partial charge in [0.15, 0.2) is 5.54 Å². The maximum Gasteiger partial charge on any atom is 0.331 e. The predicted molar refractivity (Wildman–Crippen MR) is 87.4 cm³/mol. The number of hydrogen-bond acceptors (Lipinski definition) is 3. The Labute approximate surface area is 134 Å². The van der Waals surface area contributed by atoms with Crippen molar-refractivity contribution in [2.24, 2.45) is 0 Å². The van der Waals surface area contributed by atoms with E-state index in [1.807, 2.05) is 25.3 Å².